The third-order valence-electron chi connectivity index (χ3n) is 5.57. The molecule has 3 aromatic rings. The van der Waals surface area contributed by atoms with Crippen molar-refractivity contribution in [2.45, 2.75) is 25.1 Å². The van der Waals surface area contributed by atoms with Crippen molar-refractivity contribution < 1.29 is 32.4 Å². The van der Waals surface area contributed by atoms with E-state index < -0.39 is 6.29 Å². The minimum Gasteiger partial charge on any atom is -0.393 e. The maximum Gasteiger partial charge on any atom is 0.587 e. The average molecular weight is 471 g/mol. The summed E-state index contributed by atoms with van der Waals surface area (Å²) in [6.45, 7) is 0.859. The van der Waals surface area contributed by atoms with Crippen molar-refractivity contribution in [2.24, 2.45) is 0 Å². The summed E-state index contributed by atoms with van der Waals surface area (Å²) in [6.07, 6.45) is -2.56. The number of hydrogen-bond donors (Lipinski definition) is 1. The van der Waals surface area contributed by atoms with Gasteiger partial charge in [0.15, 0.2) is 5.75 Å². The first-order valence-electron chi connectivity index (χ1n) is 10.6. The molecule has 0 aliphatic carbocycles. The summed E-state index contributed by atoms with van der Waals surface area (Å²) < 4.78 is 40.4. The van der Waals surface area contributed by atoms with Gasteiger partial charge in [-0.2, -0.15) is 4.98 Å². The van der Waals surface area contributed by atoms with Gasteiger partial charge in [-0.3, -0.25) is 9.59 Å². The van der Waals surface area contributed by atoms with Crippen LogP contribution in [0.15, 0.2) is 47.0 Å². The van der Waals surface area contributed by atoms with E-state index in [-0.39, 0.29) is 47.4 Å². The summed E-state index contributed by atoms with van der Waals surface area (Å²) >= 11 is 0. The van der Waals surface area contributed by atoms with Crippen molar-refractivity contribution in [2.75, 3.05) is 19.6 Å². The van der Waals surface area contributed by atoms with Crippen molar-refractivity contribution in [3.05, 3.63) is 53.9 Å². The molecular weight excluding hydrogens is 452 g/mol. The Labute approximate surface area is 191 Å². The smallest absolute Gasteiger partial charge is 0.393 e. The molecule has 1 saturated heterocycles. The lowest BCUT2D eigenvalue weighted by molar-refractivity contribution is -0.287. The largest absolute Gasteiger partial charge is 0.587 e. The number of pyridine rings is 1. The number of halogens is 2. The fourth-order valence-corrected chi connectivity index (χ4v) is 3.80. The Morgan fingerprint density at radius 1 is 1.06 bits per heavy atom. The van der Waals surface area contributed by atoms with Crippen LogP contribution >= 0.6 is 0 Å². The van der Waals surface area contributed by atoms with Gasteiger partial charge < -0.3 is 24.2 Å². The zero-order chi connectivity index (χ0) is 23.7. The molecule has 12 heteroatoms. The third kappa shape index (κ3) is 4.51. The van der Waals surface area contributed by atoms with Crippen LogP contribution in [0.25, 0.3) is 11.5 Å². The van der Waals surface area contributed by atoms with Crippen LogP contribution in [0.4, 0.5) is 8.78 Å². The number of nitrogens with zero attached hydrogens (tertiary/aromatic N) is 4. The Kier molecular flexibility index (Phi) is 5.56. The van der Waals surface area contributed by atoms with Crippen LogP contribution in [-0.2, 0) is 4.79 Å². The van der Waals surface area contributed by atoms with Gasteiger partial charge >= 0.3 is 6.29 Å². The highest BCUT2D eigenvalue weighted by Crippen LogP contribution is 2.40. The second-order valence-electron chi connectivity index (χ2n) is 7.83. The number of hydrogen-bond acceptors (Lipinski definition) is 8. The van der Waals surface area contributed by atoms with Gasteiger partial charge in [-0.15, -0.1) is 8.78 Å². The SMILES string of the molecule is O=C(NCC(=O)N1CCC(c2nc(-c3ccc4c(n3)OC(F)(F)O4)no2)CC1)c1ccccc1. The molecule has 1 N–H and O–H groups in total. The lowest BCUT2D eigenvalue weighted by atomic mass is 9.96. The number of ether oxygens (including phenoxy) is 2. The summed E-state index contributed by atoms with van der Waals surface area (Å²) in [5, 5.41) is 6.53. The van der Waals surface area contributed by atoms with Gasteiger partial charge in [0.2, 0.25) is 17.6 Å². The number of carbonyl (C=O) groups is 2. The number of rotatable bonds is 5. The number of likely N-dealkylation sites (tertiary alicyclic amines) is 1. The monoisotopic (exact) mass is 471 g/mol. The second-order valence-corrected chi connectivity index (χ2v) is 7.83. The quantitative estimate of drug-likeness (QED) is 0.603. The van der Waals surface area contributed by atoms with E-state index in [1.807, 2.05) is 6.07 Å². The molecule has 0 radical (unpaired) electrons. The fraction of sp³-hybridized carbons (Fsp3) is 0.318. The second kappa shape index (κ2) is 8.69. The Morgan fingerprint density at radius 3 is 2.59 bits per heavy atom. The van der Waals surface area contributed by atoms with E-state index >= 15 is 0 Å². The number of carbonyl (C=O) groups excluding carboxylic acids is 2. The fourth-order valence-electron chi connectivity index (χ4n) is 3.80. The molecule has 0 atom stereocenters. The first-order chi connectivity index (χ1) is 16.4. The molecule has 4 heterocycles. The van der Waals surface area contributed by atoms with Gasteiger partial charge in [0.1, 0.15) is 5.69 Å². The molecule has 176 valence electrons. The summed E-state index contributed by atoms with van der Waals surface area (Å²) in [4.78, 5) is 34.6. The number of aromatic nitrogens is 3. The normalized spacial score (nSPS) is 16.9. The van der Waals surface area contributed by atoms with E-state index in [9.17, 15) is 18.4 Å². The van der Waals surface area contributed by atoms with Crippen molar-refractivity contribution in [3.63, 3.8) is 0 Å². The number of benzene rings is 1. The molecule has 2 aliphatic heterocycles. The predicted octanol–water partition coefficient (Wildman–Crippen LogP) is 2.59. The number of alkyl halides is 2. The van der Waals surface area contributed by atoms with E-state index in [2.05, 4.69) is 29.9 Å². The van der Waals surface area contributed by atoms with Crippen molar-refractivity contribution in [1.82, 2.24) is 25.3 Å². The number of fused-ring (bicyclic) bond motifs is 1. The van der Waals surface area contributed by atoms with E-state index in [1.54, 1.807) is 29.2 Å². The molecule has 5 rings (SSSR count). The van der Waals surface area contributed by atoms with Crippen LogP contribution < -0.4 is 14.8 Å². The van der Waals surface area contributed by atoms with Crippen molar-refractivity contribution >= 4 is 11.8 Å². The molecular formula is C22H19F2N5O5. The zero-order valence-corrected chi connectivity index (χ0v) is 17.7. The molecule has 2 aliphatic rings. The number of nitrogens with one attached hydrogen (secondary N) is 1. The minimum atomic E-state index is -3.76. The van der Waals surface area contributed by atoms with Crippen LogP contribution in [0.5, 0.6) is 11.6 Å². The van der Waals surface area contributed by atoms with E-state index in [4.69, 9.17) is 4.52 Å². The van der Waals surface area contributed by atoms with E-state index in [0.29, 0.717) is 37.4 Å². The summed E-state index contributed by atoms with van der Waals surface area (Å²) in [6, 6.07) is 11.4. The first kappa shape index (κ1) is 21.7. The third-order valence-corrected chi connectivity index (χ3v) is 5.57. The molecule has 1 aromatic carbocycles. The van der Waals surface area contributed by atoms with Crippen molar-refractivity contribution in [1.29, 1.82) is 0 Å². The predicted molar refractivity (Wildman–Crippen MR) is 111 cm³/mol. The topological polar surface area (TPSA) is 120 Å². The average Bonchev–Trinajstić information content (AvgIpc) is 3.45. The molecule has 0 spiro atoms. The van der Waals surface area contributed by atoms with Crippen LogP contribution in [0.2, 0.25) is 0 Å². The molecule has 0 saturated carbocycles. The Bertz CT molecular complexity index is 1210. The van der Waals surface area contributed by atoms with Gasteiger partial charge in [-0.25, -0.2) is 4.98 Å². The van der Waals surface area contributed by atoms with Crippen molar-refractivity contribution in [3.8, 4) is 23.1 Å². The highest BCUT2D eigenvalue weighted by atomic mass is 19.3. The van der Waals surface area contributed by atoms with E-state index in [0.717, 1.165) is 0 Å². The van der Waals surface area contributed by atoms with Crippen LogP contribution in [0.1, 0.15) is 35.0 Å². The molecule has 0 unspecified atom stereocenters. The minimum absolute atomic E-state index is 0.0671. The standard InChI is InChI=1S/C22H19F2N5O5/c23-22(24)32-16-7-6-15(26-21(16)33-22)18-27-20(34-28-18)14-8-10-29(11-9-14)17(30)12-25-19(31)13-4-2-1-3-5-13/h1-7,14H,8-12H2,(H,25,31). The van der Waals surface area contributed by atoms with Gasteiger partial charge in [-0.1, -0.05) is 23.4 Å². The molecule has 34 heavy (non-hydrogen) atoms. The van der Waals surface area contributed by atoms with Crippen LogP contribution in [-0.4, -0.2) is 57.8 Å². The number of piperidine rings is 1. The highest BCUT2D eigenvalue weighted by molar-refractivity contribution is 5.96. The molecule has 2 aromatic heterocycles. The van der Waals surface area contributed by atoms with Gasteiger partial charge in [-0.05, 0) is 37.1 Å². The maximum absolute atomic E-state index is 13.2. The van der Waals surface area contributed by atoms with Gasteiger partial charge in [0.05, 0.1) is 6.54 Å². The molecule has 10 nitrogen and oxygen atoms in total. The Balaban J connectivity index is 1.15. The molecule has 2 amide bonds. The Morgan fingerprint density at radius 2 is 1.82 bits per heavy atom. The summed E-state index contributed by atoms with van der Waals surface area (Å²) in [7, 11) is 0. The number of amides is 2. The lowest BCUT2D eigenvalue weighted by Gasteiger charge is -2.30. The Hall–Kier alpha value is -4.09. The highest BCUT2D eigenvalue weighted by Gasteiger charge is 2.44. The lowest BCUT2D eigenvalue weighted by Crippen LogP contribution is -2.43. The van der Waals surface area contributed by atoms with Crippen LogP contribution in [0.3, 0.4) is 0 Å². The summed E-state index contributed by atoms with van der Waals surface area (Å²) in [5.41, 5.74) is 0.698. The first-order valence-corrected chi connectivity index (χ1v) is 10.6. The molecule has 0 bridgehead atoms. The van der Waals surface area contributed by atoms with Gasteiger partial charge in [0.25, 0.3) is 11.8 Å². The maximum atomic E-state index is 13.2. The molecule has 1 fully saturated rings. The van der Waals surface area contributed by atoms with Gasteiger partial charge in [0, 0.05) is 24.6 Å². The van der Waals surface area contributed by atoms with Crippen LogP contribution in [0, 0.1) is 0 Å². The summed E-state index contributed by atoms with van der Waals surface area (Å²) in [5.74, 6) is -0.543. The zero-order valence-electron chi connectivity index (χ0n) is 17.7. The van der Waals surface area contributed by atoms with E-state index in [1.165, 1.54) is 12.1 Å².